The number of nitrogens with two attached hydrogens (primary N) is 1. The van der Waals surface area contributed by atoms with Crippen LogP contribution in [0.5, 0.6) is 0 Å². The number of likely N-dealkylation sites (tertiary alicyclic amines) is 1. The molecule has 0 spiro atoms. The van der Waals surface area contributed by atoms with E-state index in [4.69, 9.17) is 5.73 Å². The van der Waals surface area contributed by atoms with Gasteiger partial charge in [0.25, 0.3) is 0 Å². The van der Waals surface area contributed by atoms with Crippen LogP contribution in [0, 0.1) is 5.41 Å². The molecule has 1 aliphatic heterocycles. The predicted molar refractivity (Wildman–Crippen MR) is 102 cm³/mol. The van der Waals surface area contributed by atoms with Gasteiger partial charge in [-0.1, -0.05) is 19.3 Å². The Kier molecular flexibility index (Phi) is 7.44. The standard InChI is InChI=1S/C18H29N5O.ClH/c19-14-18(8-2-1-3-9-18)13-17(24)23-11-6-15(7-12-23)21-16-5-4-10-20-22-16;/h4-5,10,15H,1-3,6-9,11-14,19H2,(H,21,22);1H. The summed E-state index contributed by atoms with van der Waals surface area (Å²) in [5.74, 6) is 1.10. The number of hydrogen-bond donors (Lipinski definition) is 2. The normalized spacial score (nSPS) is 20.6. The molecule has 3 rings (SSSR count). The number of rotatable bonds is 5. The van der Waals surface area contributed by atoms with Crippen LogP contribution in [0.4, 0.5) is 5.82 Å². The third kappa shape index (κ3) is 5.28. The number of nitrogens with zero attached hydrogens (tertiary/aromatic N) is 3. The van der Waals surface area contributed by atoms with Crippen molar-refractivity contribution in [3.63, 3.8) is 0 Å². The number of piperidine rings is 1. The molecule has 7 heteroatoms. The maximum Gasteiger partial charge on any atom is 0.223 e. The third-order valence-corrected chi connectivity index (χ3v) is 5.65. The first-order valence-corrected chi connectivity index (χ1v) is 9.23. The van der Waals surface area contributed by atoms with Gasteiger partial charge in [-0.15, -0.1) is 17.5 Å². The van der Waals surface area contributed by atoms with Gasteiger partial charge < -0.3 is 16.0 Å². The van der Waals surface area contributed by atoms with Gasteiger partial charge in [0.2, 0.25) is 5.91 Å². The van der Waals surface area contributed by atoms with Crippen LogP contribution in [0.25, 0.3) is 0 Å². The molecule has 1 saturated carbocycles. The number of aromatic nitrogens is 2. The summed E-state index contributed by atoms with van der Waals surface area (Å²) in [6.07, 6.45) is 10.2. The van der Waals surface area contributed by atoms with Crippen LogP contribution < -0.4 is 11.1 Å². The van der Waals surface area contributed by atoms with Crippen molar-refractivity contribution in [1.82, 2.24) is 15.1 Å². The van der Waals surface area contributed by atoms with Crippen LogP contribution in [-0.4, -0.2) is 46.7 Å². The van der Waals surface area contributed by atoms with Crippen LogP contribution in [0.2, 0.25) is 0 Å². The lowest BCUT2D eigenvalue weighted by molar-refractivity contribution is -0.135. The second-order valence-electron chi connectivity index (χ2n) is 7.35. The van der Waals surface area contributed by atoms with Crippen molar-refractivity contribution in [2.75, 3.05) is 25.0 Å². The van der Waals surface area contributed by atoms with E-state index < -0.39 is 0 Å². The molecule has 1 saturated heterocycles. The molecule has 1 aromatic rings. The maximum atomic E-state index is 12.7. The summed E-state index contributed by atoms with van der Waals surface area (Å²) >= 11 is 0. The second-order valence-corrected chi connectivity index (χ2v) is 7.35. The molecule has 3 N–H and O–H groups in total. The summed E-state index contributed by atoms with van der Waals surface area (Å²) < 4.78 is 0. The van der Waals surface area contributed by atoms with Crippen LogP contribution in [0.3, 0.4) is 0 Å². The number of hydrogen-bond acceptors (Lipinski definition) is 5. The molecule has 6 nitrogen and oxygen atoms in total. The van der Waals surface area contributed by atoms with Gasteiger partial charge in [-0.3, -0.25) is 4.79 Å². The average molecular weight is 368 g/mol. The summed E-state index contributed by atoms with van der Waals surface area (Å²) in [6.45, 7) is 2.28. The first kappa shape index (κ1) is 19.9. The molecule has 0 atom stereocenters. The molecular formula is C18H30ClN5O. The largest absolute Gasteiger partial charge is 0.366 e. The van der Waals surface area contributed by atoms with Gasteiger partial charge in [0.15, 0.2) is 0 Å². The third-order valence-electron chi connectivity index (χ3n) is 5.65. The fourth-order valence-corrected chi connectivity index (χ4v) is 4.05. The Balaban J connectivity index is 0.00000225. The number of carbonyl (C=O) groups is 1. The molecule has 0 radical (unpaired) electrons. The van der Waals surface area contributed by atoms with Gasteiger partial charge in [0.1, 0.15) is 5.82 Å². The van der Waals surface area contributed by atoms with Gasteiger partial charge in [0, 0.05) is 31.7 Å². The minimum atomic E-state index is 0. The van der Waals surface area contributed by atoms with Gasteiger partial charge in [-0.2, -0.15) is 5.10 Å². The molecule has 2 fully saturated rings. The van der Waals surface area contributed by atoms with Crippen LogP contribution >= 0.6 is 12.4 Å². The van der Waals surface area contributed by atoms with E-state index in [9.17, 15) is 4.79 Å². The molecule has 0 unspecified atom stereocenters. The number of halogens is 1. The van der Waals surface area contributed by atoms with Crippen LogP contribution in [-0.2, 0) is 4.79 Å². The summed E-state index contributed by atoms with van der Waals surface area (Å²) in [4.78, 5) is 14.8. The maximum absolute atomic E-state index is 12.7. The zero-order valence-electron chi connectivity index (χ0n) is 14.8. The second kappa shape index (κ2) is 9.34. The molecule has 25 heavy (non-hydrogen) atoms. The summed E-state index contributed by atoms with van der Waals surface area (Å²) in [5, 5.41) is 11.4. The lowest BCUT2D eigenvalue weighted by atomic mass is 9.71. The van der Waals surface area contributed by atoms with E-state index in [1.54, 1.807) is 6.20 Å². The molecular weight excluding hydrogens is 338 g/mol. The molecule has 1 aromatic heterocycles. The summed E-state index contributed by atoms with van der Waals surface area (Å²) in [7, 11) is 0. The van der Waals surface area contributed by atoms with Crippen LogP contribution in [0.15, 0.2) is 18.3 Å². The highest BCUT2D eigenvalue weighted by molar-refractivity contribution is 5.85. The SMILES string of the molecule is Cl.NCC1(CC(=O)N2CCC(Nc3cccnn3)CC2)CCCCC1. The lowest BCUT2D eigenvalue weighted by Crippen LogP contribution is -2.45. The molecule has 2 aliphatic rings. The van der Waals surface area contributed by atoms with Crippen molar-refractivity contribution in [1.29, 1.82) is 0 Å². The molecule has 0 aromatic carbocycles. The lowest BCUT2D eigenvalue weighted by Gasteiger charge is -2.39. The number of carbonyl (C=O) groups excluding carboxylic acids is 1. The first-order chi connectivity index (χ1) is 11.7. The molecule has 1 amide bonds. The van der Waals surface area contributed by atoms with E-state index in [1.807, 2.05) is 17.0 Å². The topological polar surface area (TPSA) is 84.1 Å². The van der Waals surface area contributed by atoms with E-state index >= 15 is 0 Å². The number of anilines is 1. The van der Waals surface area contributed by atoms with Crippen molar-refractivity contribution in [3.8, 4) is 0 Å². The summed E-state index contributed by atoms with van der Waals surface area (Å²) in [6, 6.07) is 4.17. The minimum Gasteiger partial charge on any atom is -0.366 e. The van der Waals surface area contributed by atoms with Crippen molar-refractivity contribution in [3.05, 3.63) is 18.3 Å². The smallest absolute Gasteiger partial charge is 0.223 e. The number of amides is 1. The highest BCUT2D eigenvalue weighted by Gasteiger charge is 2.35. The van der Waals surface area contributed by atoms with E-state index in [2.05, 4.69) is 15.5 Å². The Hall–Kier alpha value is -1.40. The van der Waals surface area contributed by atoms with Crippen LogP contribution in [0.1, 0.15) is 51.4 Å². The van der Waals surface area contributed by atoms with E-state index in [0.717, 1.165) is 44.6 Å². The van der Waals surface area contributed by atoms with Gasteiger partial charge >= 0.3 is 0 Å². The quantitative estimate of drug-likeness (QED) is 0.835. The number of nitrogens with one attached hydrogen (secondary N) is 1. The molecule has 2 heterocycles. The Morgan fingerprint density at radius 3 is 2.60 bits per heavy atom. The summed E-state index contributed by atoms with van der Waals surface area (Å²) in [5.41, 5.74) is 6.09. The van der Waals surface area contributed by atoms with E-state index in [0.29, 0.717) is 24.9 Å². The van der Waals surface area contributed by atoms with E-state index in [-0.39, 0.29) is 17.8 Å². The Morgan fingerprint density at radius 2 is 2.00 bits per heavy atom. The van der Waals surface area contributed by atoms with Crippen molar-refractivity contribution >= 4 is 24.1 Å². The van der Waals surface area contributed by atoms with Gasteiger partial charge in [-0.05, 0) is 49.8 Å². The van der Waals surface area contributed by atoms with Crippen molar-refractivity contribution in [2.45, 2.75) is 57.4 Å². The van der Waals surface area contributed by atoms with Crippen molar-refractivity contribution in [2.24, 2.45) is 11.1 Å². The molecule has 140 valence electrons. The first-order valence-electron chi connectivity index (χ1n) is 9.23. The Bertz CT molecular complexity index is 528. The zero-order chi connectivity index (χ0) is 16.8. The minimum absolute atomic E-state index is 0. The predicted octanol–water partition coefficient (Wildman–Crippen LogP) is 2.60. The van der Waals surface area contributed by atoms with E-state index in [1.165, 1.54) is 19.3 Å². The fourth-order valence-electron chi connectivity index (χ4n) is 4.05. The Morgan fingerprint density at radius 1 is 1.28 bits per heavy atom. The monoisotopic (exact) mass is 367 g/mol. The molecule has 1 aliphatic carbocycles. The average Bonchev–Trinajstić information content (AvgIpc) is 2.64. The van der Waals surface area contributed by atoms with Crippen molar-refractivity contribution < 1.29 is 4.79 Å². The van der Waals surface area contributed by atoms with Gasteiger partial charge in [0.05, 0.1) is 0 Å². The Labute approximate surface area is 156 Å². The zero-order valence-corrected chi connectivity index (χ0v) is 15.6. The fraction of sp³-hybridized carbons (Fsp3) is 0.722. The highest BCUT2D eigenvalue weighted by atomic mass is 35.5. The highest BCUT2D eigenvalue weighted by Crippen LogP contribution is 2.39. The van der Waals surface area contributed by atoms with Gasteiger partial charge in [-0.25, -0.2) is 0 Å². The molecule has 0 bridgehead atoms.